The predicted octanol–water partition coefficient (Wildman–Crippen LogP) is 5.47. The van der Waals surface area contributed by atoms with Crippen LogP contribution in [-0.2, 0) is 9.59 Å². The number of nitrogens with zero attached hydrogens (tertiary/aromatic N) is 2. The van der Waals surface area contributed by atoms with E-state index in [9.17, 15) is 14.0 Å². The molecule has 12 heteroatoms. The highest BCUT2D eigenvalue weighted by Crippen LogP contribution is 2.41. The molecule has 0 spiro atoms. The summed E-state index contributed by atoms with van der Waals surface area (Å²) >= 11 is 0. The molecule has 2 fully saturated rings. The smallest absolute Gasteiger partial charge is 0.250 e. The van der Waals surface area contributed by atoms with Gasteiger partial charge in [0, 0.05) is 35.1 Å². The summed E-state index contributed by atoms with van der Waals surface area (Å²) in [6, 6.07) is 15.2. The van der Waals surface area contributed by atoms with Gasteiger partial charge in [0.2, 0.25) is 11.8 Å². The molecule has 46 heavy (non-hydrogen) atoms. The Hall–Kier alpha value is -4.97. The van der Waals surface area contributed by atoms with E-state index in [0.29, 0.717) is 59.2 Å². The first-order valence-corrected chi connectivity index (χ1v) is 15.1. The first kappa shape index (κ1) is 31.0. The number of carbonyl (C=O) groups excluding carboxylic acids is 2. The van der Waals surface area contributed by atoms with Gasteiger partial charge in [0.25, 0.3) is 0 Å². The van der Waals surface area contributed by atoms with E-state index >= 15 is 4.39 Å². The van der Waals surface area contributed by atoms with Crippen LogP contribution in [0.3, 0.4) is 0 Å². The van der Waals surface area contributed by atoms with Gasteiger partial charge in [-0.3, -0.25) is 19.5 Å². The number of nitrogens with one attached hydrogen (secondary N) is 2. The lowest BCUT2D eigenvalue weighted by atomic mass is 9.98. The van der Waals surface area contributed by atoms with Gasteiger partial charge >= 0.3 is 0 Å². The number of rotatable bonds is 12. The fourth-order valence-corrected chi connectivity index (χ4v) is 5.60. The van der Waals surface area contributed by atoms with Gasteiger partial charge in [0.1, 0.15) is 17.1 Å². The van der Waals surface area contributed by atoms with Crippen molar-refractivity contribution in [2.75, 3.05) is 44.0 Å². The molecule has 10 nitrogen and oxygen atoms in total. The van der Waals surface area contributed by atoms with Gasteiger partial charge in [-0.15, -0.1) is 0 Å². The number of hydrogen-bond donors (Lipinski definition) is 3. The summed E-state index contributed by atoms with van der Waals surface area (Å²) in [6.45, 7) is 2.33. The van der Waals surface area contributed by atoms with Crippen LogP contribution in [-0.4, -0.2) is 60.6 Å². The van der Waals surface area contributed by atoms with Crippen LogP contribution in [0, 0.1) is 17.6 Å². The number of aromatic nitrogens is 1. The van der Waals surface area contributed by atoms with Crippen LogP contribution in [0.15, 0.2) is 66.9 Å². The van der Waals surface area contributed by atoms with Crippen molar-refractivity contribution < 1.29 is 32.6 Å². The molecule has 240 valence electrons. The molecule has 0 radical (unpaired) electrons. The number of pyridine rings is 1. The standard InChI is InChI=1S/C34H35F2N5O5/c1-44-30-17-25-27(18-31(30)45-20-21-9-14-41(15-10-21)19-32(37)42)38-13-8-28(25)46-29-7-6-24(16-26(29)36)39-33(43)34(11-12-34)40-23-4-2-22(35)3-5-23/h2-8,13,16-18,21,40H,9-12,14-15,19-20H2,1H3,(H2,37,42)(H,39,43). The molecule has 0 atom stereocenters. The number of halogens is 2. The molecule has 1 saturated carbocycles. The topological polar surface area (TPSA) is 128 Å². The van der Waals surface area contributed by atoms with Crippen molar-refractivity contribution in [2.45, 2.75) is 31.2 Å². The van der Waals surface area contributed by atoms with Crippen LogP contribution in [0.25, 0.3) is 10.9 Å². The second kappa shape index (κ2) is 13.2. The summed E-state index contributed by atoms with van der Waals surface area (Å²) in [4.78, 5) is 30.7. The molecule has 4 aromatic rings. The second-order valence-corrected chi connectivity index (χ2v) is 11.7. The molecule has 3 aromatic carbocycles. The number of methoxy groups -OCH3 is 1. The fourth-order valence-electron chi connectivity index (χ4n) is 5.60. The predicted molar refractivity (Wildman–Crippen MR) is 169 cm³/mol. The zero-order chi connectivity index (χ0) is 32.3. The SMILES string of the molecule is COc1cc2c(Oc3ccc(NC(=O)C4(Nc5ccc(F)cc5)CC4)cc3F)ccnc2cc1OCC1CCN(CC(N)=O)CC1. The molecule has 6 rings (SSSR count). The summed E-state index contributed by atoms with van der Waals surface area (Å²) in [5.74, 6) is 0.0330. The largest absolute Gasteiger partial charge is 0.493 e. The molecule has 4 N–H and O–H groups in total. The number of nitrogens with two attached hydrogens (primary N) is 1. The first-order valence-electron chi connectivity index (χ1n) is 15.1. The highest BCUT2D eigenvalue weighted by atomic mass is 19.1. The lowest BCUT2D eigenvalue weighted by Crippen LogP contribution is -2.40. The highest BCUT2D eigenvalue weighted by Gasteiger charge is 2.50. The summed E-state index contributed by atoms with van der Waals surface area (Å²) in [5.41, 5.74) is 5.98. The molecule has 1 aliphatic carbocycles. The maximum Gasteiger partial charge on any atom is 0.250 e. The van der Waals surface area contributed by atoms with E-state index in [2.05, 4.69) is 15.6 Å². The number of piperidine rings is 1. The maximum absolute atomic E-state index is 15.2. The van der Waals surface area contributed by atoms with Crippen LogP contribution >= 0.6 is 0 Å². The first-order chi connectivity index (χ1) is 22.2. The molecule has 1 saturated heterocycles. The van der Waals surface area contributed by atoms with E-state index in [1.54, 1.807) is 49.7 Å². The Morgan fingerprint density at radius 3 is 2.37 bits per heavy atom. The van der Waals surface area contributed by atoms with Crippen molar-refractivity contribution in [2.24, 2.45) is 11.7 Å². The maximum atomic E-state index is 15.2. The van der Waals surface area contributed by atoms with Crippen molar-refractivity contribution in [3.05, 3.63) is 78.5 Å². The number of benzene rings is 3. The zero-order valence-electron chi connectivity index (χ0n) is 25.4. The van der Waals surface area contributed by atoms with E-state index in [4.69, 9.17) is 19.9 Å². The van der Waals surface area contributed by atoms with Gasteiger partial charge < -0.3 is 30.6 Å². The Bertz CT molecular complexity index is 1740. The minimum Gasteiger partial charge on any atom is -0.493 e. The van der Waals surface area contributed by atoms with Crippen molar-refractivity contribution in [3.8, 4) is 23.0 Å². The van der Waals surface area contributed by atoms with Gasteiger partial charge in [-0.05, 0) is 93.2 Å². The lowest BCUT2D eigenvalue weighted by molar-refractivity contribution is -0.119. The van der Waals surface area contributed by atoms with Crippen molar-refractivity contribution in [1.82, 2.24) is 9.88 Å². The van der Waals surface area contributed by atoms with Crippen molar-refractivity contribution >= 4 is 34.1 Å². The van der Waals surface area contributed by atoms with Crippen molar-refractivity contribution in [3.63, 3.8) is 0 Å². The number of carbonyl (C=O) groups is 2. The Kier molecular flexibility index (Phi) is 8.89. The van der Waals surface area contributed by atoms with E-state index in [-0.39, 0.29) is 35.6 Å². The molecule has 1 aromatic heterocycles. The third-order valence-electron chi connectivity index (χ3n) is 8.37. The summed E-state index contributed by atoms with van der Waals surface area (Å²) in [6.07, 6.45) is 4.55. The minimum absolute atomic E-state index is 0.0296. The Balaban J connectivity index is 1.11. The number of hydrogen-bond acceptors (Lipinski definition) is 8. The molecule has 1 aliphatic heterocycles. The van der Waals surface area contributed by atoms with Gasteiger partial charge in [-0.2, -0.15) is 0 Å². The van der Waals surface area contributed by atoms with Crippen LogP contribution in [0.4, 0.5) is 20.2 Å². The average molecular weight is 632 g/mol. The zero-order valence-corrected chi connectivity index (χ0v) is 25.4. The summed E-state index contributed by atoms with van der Waals surface area (Å²) in [5, 5.41) is 6.53. The van der Waals surface area contributed by atoms with Gasteiger partial charge in [-0.1, -0.05) is 0 Å². The highest BCUT2D eigenvalue weighted by molar-refractivity contribution is 6.02. The van der Waals surface area contributed by atoms with E-state index < -0.39 is 11.4 Å². The molecular weight excluding hydrogens is 596 g/mol. The minimum atomic E-state index is -0.829. The molecule has 2 aliphatic rings. The Labute approximate surface area is 264 Å². The van der Waals surface area contributed by atoms with Gasteiger partial charge in [0.15, 0.2) is 23.1 Å². The molecule has 2 heterocycles. The number of ether oxygens (including phenoxy) is 3. The number of likely N-dealkylation sites (tertiary alicyclic amines) is 1. The normalized spacial score (nSPS) is 16.1. The number of amides is 2. The van der Waals surface area contributed by atoms with Crippen LogP contribution in [0.2, 0.25) is 0 Å². The van der Waals surface area contributed by atoms with Crippen LogP contribution < -0.4 is 30.6 Å². The van der Waals surface area contributed by atoms with Crippen LogP contribution in [0.5, 0.6) is 23.0 Å². The lowest BCUT2D eigenvalue weighted by Gasteiger charge is -2.31. The fraction of sp³-hybridized carbons (Fsp3) is 0.324. The quantitative estimate of drug-likeness (QED) is 0.188. The number of fused-ring (bicyclic) bond motifs is 1. The summed E-state index contributed by atoms with van der Waals surface area (Å²) < 4.78 is 46.2. The van der Waals surface area contributed by atoms with Gasteiger partial charge in [-0.25, -0.2) is 8.78 Å². The third kappa shape index (κ3) is 7.12. The average Bonchev–Trinajstić information content (AvgIpc) is 3.83. The Morgan fingerprint density at radius 2 is 1.70 bits per heavy atom. The third-order valence-corrected chi connectivity index (χ3v) is 8.37. The van der Waals surface area contributed by atoms with E-state index in [1.165, 1.54) is 24.3 Å². The monoisotopic (exact) mass is 631 g/mol. The van der Waals surface area contributed by atoms with E-state index in [1.807, 2.05) is 4.90 Å². The van der Waals surface area contributed by atoms with Gasteiger partial charge in [0.05, 0.1) is 25.8 Å². The summed E-state index contributed by atoms with van der Waals surface area (Å²) in [7, 11) is 1.54. The van der Waals surface area contributed by atoms with Crippen LogP contribution in [0.1, 0.15) is 25.7 Å². The molecule has 0 unspecified atom stereocenters. The molecule has 2 amide bonds. The molecule has 0 bridgehead atoms. The molecular formula is C34H35F2N5O5. The number of primary amides is 1. The Morgan fingerprint density at radius 1 is 0.957 bits per heavy atom. The second-order valence-electron chi connectivity index (χ2n) is 11.7. The number of anilines is 2. The van der Waals surface area contributed by atoms with E-state index in [0.717, 1.165) is 25.9 Å². The van der Waals surface area contributed by atoms with Crippen molar-refractivity contribution in [1.29, 1.82) is 0 Å².